The molecule has 0 bridgehead atoms. The van der Waals surface area contributed by atoms with Gasteiger partial charge in [0, 0.05) is 25.8 Å². The monoisotopic (exact) mass is 372 g/mol. The van der Waals surface area contributed by atoms with E-state index in [1.807, 2.05) is 17.1 Å². The second-order valence-corrected chi connectivity index (χ2v) is 8.15. The molecule has 1 aromatic rings. The molecule has 6 nitrogen and oxygen atoms in total. The van der Waals surface area contributed by atoms with Crippen LogP contribution >= 0.6 is 23.4 Å². The zero-order valence-electron chi connectivity index (χ0n) is 13.9. The minimum Gasteiger partial charge on any atom is -0.391 e. The standard InChI is InChI=1S/C16H25ClN4O2S/c1-24-10-16(23)19-14-4-11-7-20(8-12(11)5-15(14)22)2-3-21-9-13(17)6-18-21/h6,9,11-12,14-15,22H,2-5,7-8,10H2,1H3,(H,19,23)/t11-,12+,14-,15-/m0/s1. The summed E-state index contributed by atoms with van der Waals surface area (Å²) in [7, 11) is 0. The van der Waals surface area contributed by atoms with Crippen LogP contribution in [0, 0.1) is 11.8 Å². The van der Waals surface area contributed by atoms with Crippen LogP contribution in [0.1, 0.15) is 12.8 Å². The molecule has 1 saturated heterocycles. The van der Waals surface area contributed by atoms with Crippen molar-refractivity contribution in [2.75, 3.05) is 31.6 Å². The van der Waals surface area contributed by atoms with E-state index < -0.39 is 6.10 Å². The molecule has 0 unspecified atom stereocenters. The van der Waals surface area contributed by atoms with E-state index >= 15 is 0 Å². The highest BCUT2D eigenvalue weighted by atomic mass is 35.5. The van der Waals surface area contributed by atoms with Crippen molar-refractivity contribution >= 4 is 29.3 Å². The van der Waals surface area contributed by atoms with Crippen molar-refractivity contribution in [2.45, 2.75) is 31.5 Å². The molecule has 0 radical (unpaired) electrons. The Morgan fingerprint density at radius 3 is 2.83 bits per heavy atom. The molecule has 1 saturated carbocycles. The summed E-state index contributed by atoms with van der Waals surface area (Å²) < 4.78 is 1.87. The molecular formula is C16H25ClN4O2S. The second-order valence-electron chi connectivity index (χ2n) is 6.85. The van der Waals surface area contributed by atoms with E-state index in [1.54, 1.807) is 6.20 Å². The second kappa shape index (κ2) is 8.08. The Kier molecular flexibility index (Phi) is 6.07. The van der Waals surface area contributed by atoms with Crippen LogP contribution in [-0.2, 0) is 11.3 Å². The Labute approximate surface area is 151 Å². The van der Waals surface area contributed by atoms with Crippen LogP contribution in [0.4, 0.5) is 0 Å². The Morgan fingerprint density at radius 1 is 1.42 bits per heavy atom. The van der Waals surface area contributed by atoms with Crippen molar-refractivity contribution in [2.24, 2.45) is 11.8 Å². The van der Waals surface area contributed by atoms with Gasteiger partial charge in [0.2, 0.25) is 5.91 Å². The van der Waals surface area contributed by atoms with E-state index in [9.17, 15) is 9.90 Å². The molecule has 1 aliphatic carbocycles. The molecule has 2 fully saturated rings. The van der Waals surface area contributed by atoms with Gasteiger partial charge < -0.3 is 15.3 Å². The molecule has 3 rings (SSSR count). The molecule has 134 valence electrons. The highest BCUT2D eigenvalue weighted by molar-refractivity contribution is 7.99. The average molecular weight is 373 g/mol. The molecule has 1 aliphatic heterocycles. The van der Waals surface area contributed by atoms with Crippen molar-refractivity contribution in [1.82, 2.24) is 20.0 Å². The van der Waals surface area contributed by atoms with Crippen LogP contribution in [-0.4, -0.2) is 69.5 Å². The molecule has 24 heavy (non-hydrogen) atoms. The molecule has 1 aromatic heterocycles. The van der Waals surface area contributed by atoms with Gasteiger partial charge in [0.25, 0.3) is 0 Å². The lowest BCUT2D eigenvalue weighted by Crippen LogP contribution is -2.49. The fourth-order valence-electron chi connectivity index (χ4n) is 3.95. The van der Waals surface area contributed by atoms with Gasteiger partial charge in [-0.05, 0) is 30.9 Å². The first kappa shape index (κ1) is 18.0. The van der Waals surface area contributed by atoms with E-state index in [2.05, 4.69) is 15.3 Å². The quantitative estimate of drug-likeness (QED) is 0.782. The van der Waals surface area contributed by atoms with Crippen molar-refractivity contribution < 1.29 is 9.90 Å². The number of aliphatic hydroxyl groups excluding tert-OH is 1. The average Bonchev–Trinajstić information content (AvgIpc) is 3.11. The van der Waals surface area contributed by atoms with Gasteiger partial charge in [-0.2, -0.15) is 16.9 Å². The predicted octanol–water partition coefficient (Wildman–Crippen LogP) is 1.09. The van der Waals surface area contributed by atoms with E-state index in [-0.39, 0.29) is 11.9 Å². The number of rotatable bonds is 6. The van der Waals surface area contributed by atoms with Gasteiger partial charge >= 0.3 is 0 Å². The van der Waals surface area contributed by atoms with E-state index in [1.165, 1.54) is 11.8 Å². The maximum absolute atomic E-state index is 11.8. The smallest absolute Gasteiger partial charge is 0.230 e. The summed E-state index contributed by atoms with van der Waals surface area (Å²) in [5, 5.41) is 18.2. The number of thioether (sulfide) groups is 1. The molecule has 0 aromatic carbocycles. The molecule has 8 heteroatoms. The number of nitrogens with zero attached hydrogens (tertiary/aromatic N) is 3. The number of fused-ring (bicyclic) bond motifs is 1. The van der Waals surface area contributed by atoms with Gasteiger partial charge in [0.1, 0.15) is 0 Å². The van der Waals surface area contributed by atoms with Crippen molar-refractivity contribution in [1.29, 1.82) is 0 Å². The Hall–Kier alpha value is -0.760. The predicted molar refractivity (Wildman–Crippen MR) is 96.2 cm³/mol. The zero-order chi connectivity index (χ0) is 17.1. The maximum atomic E-state index is 11.8. The first-order valence-electron chi connectivity index (χ1n) is 8.42. The number of amides is 1. The van der Waals surface area contributed by atoms with Gasteiger partial charge in [-0.25, -0.2) is 0 Å². The lowest BCUT2D eigenvalue weighted by Gasteiger charge is -2.35. The molecule has 2 heterocycles. The molecule has 2 aliphatic rings. The topological polar surface area (TPSA) is 70.4 Å². The summed E-state index contributed by atoms with van der Waals surface area (Å²) >= 11 is 7.40. The van der Waals surface area contributed by atoms with E-state index in [0.717, 1.165) is 39.0 Å². The van der Waals surface area contributed by atoms with Crippen molar-refractivity contribution in [3.05, 3.63) is 17.4 Å². The minimum atomic E-state index is -0.429. The summed E-state index contributed by atoms with van der Waals surface area (Å²) in [6.45, 7) is 3.80. The van der Waals surface area contributed by atoms with Crippen molar-refractivity contribution in [3.8, 4) is 0 Å². The molecule has 1 amide bonds. The van der Waals surface area contributed by atoms with Crippen LogP contribution in [0.2, 0.25) is 5.02 Å². The van der Waals surface area contributed by atoms with E-state index in [0.29, 0.717) is 22.6 Å². The molecule has 2 N–H and O–H groups in total. The van der Waals surface area contributed by atoms with E-state index in [4.69, 9.17) is 11.6 Å². The SMILES string of the molecule is CSCC(=O)N[C@H]1C[C@H]2CN(CCn3cc(Cl)cn3)C[C@H]2C[C@@H]1O. The lowest BCUT2D eigenvalue weighted by atomic mass is 9.77. The number of aromatic nitrogens is 2. The number of aliphatic hydroxyl groups is 1. The normalized spacial score (nSPS) is 30.3. The third-order valence-electron chi connectivity index (χ3n) is 5.09. The van der Waals surface area contributed by atoms with Gasteiger partial charge in [0.05, 0.1) is 35.7 Å². The molecule has 0 spiro atoms. The summed E-state index contributed by atoms with van der Waals surface area (Å²) in [6.07, 6.45) is 6.63. The summed E-state index contributed by atoms with van der Waals surface area (Å²) in [5.41, 5.74) is 0. The highest BCUT2D eigenvalue weighted by Crippen LogP contribution is 2.36. The number of hydrogen-bond donors (Lipinski definition) is 2. The van der Waals surface area contributed by atoms with Gasteiger partial charge in [-0.3, -0.25) is 9.48 Å². The first-order valence-corrected chi connectivity index (χ1v) is 10.2. The number of halogens is 1. The van der Waals surface area contributed by atoms with Crippen molar-refractivity contribution in [3.63, 3.8) is 0 Å². The van der Waals surface area contributed by atoms with Gasteiger partial charge in [0.15, 0.2) is 0 Å². The largest absolute Gasteiger partial charge is 0.391 e. The zero-order valence-corrected chi connectivity index (χ0v) is 15.5. The number of likely N-dealkylation sites (tertiary alicyclic amines) is 1. The highest BCUT2D eigenvalue weighted by Gasteiger charge is 2.41. The number of carbonyl (C=O) groups excluding carboxylic acids is 1. The fraction of sp³-hybridized carbons (Fsp3) is 0.750. The van der Waals surface area contributed by atoms with Gasteiger partial charge in [-0.15, -0.1) is 0 Å². The lowest BCUT2D eigenvalue weighted by molar-refractivity contribution is -0.120. The van der Waals surface area contributed by atoms with Gasteiger partial charge in [-0.1, -0.05) is 11.6 Å². The first-order chi connectivity index (χ1) is 11.5. The maximum Gasteiger partial charge on any atom is 0.230 e. The summed E-state index contributed by atoms with van der Waals surface area (Å²) in [6, 6.07) is -0.101. The molecular weight excluding hydrogens is 348 g/mol. The Morgan fingerprint density at radius 2 is 2.17 bits per heavy atom. The van der Waals surface area contributed by atoms with Crippen LogP contribution in [0.3, 0.4) is 0 Å². The summed E-state index contributed by atoms with van der Waals surface area (Å²) in [4.78, 5) is 14.2. The third-order valence-corrected chi connectivity index (χ3v) is 5.83. The number of carbonyl (C=O) groups is 1. The van der Waals surface area contributed by atoms with Crippen LogP contribution in [0.5, 0.6) is 0 Å². The van der Waals surface area contributed by atoms with Crippen LogP contribution < -0.4 is 5.32 Å². The number of hydrogen-bond acceptors (Lipinski definition) is 5. The Balaban J connectivity index is 1.49. The molecule has 4 atom stereocenters. The minimum absolute atomic E-state index is 0.0235. The fourth-order valence-corrected chi connectivity index (χ4v) is 4.45. The Bertz CT molecular complexity index is 570. The number of nitrogens with one attached hydrogen (secondary N) is 1. The summed E-state index contributed by atoms with van der Waals surface area (Å²) in [5.74, 6) is 1.55. The van der Waals surface area contributed by atoms with Crippen LogP contribution in [0.25, 0.3) is 0 Å². The van der Waals surface area contributed by atoms with Crippen LogP contribution in [0.15, 0.2) is 12.4 Å². The third kappa shape index (κ3) is 4.45.